The van der Waals surface area contributed by atoms with Crippen molar-refractivity contribution in [3.8, 4) is 0 Å². The van der Waals surface area contributed by atoms with Gasteiger partial charge in [0.25, 0.3) is 0 Å². The molecule has 0 saturated heterocycles. The van der Waals surface area contributed by atoms with Gasteiger partial charge in [-0.2, -0.15) is 0 Å². The Bertz CT molecular complexity index is 385. The largest absolute Gasteiger partial charge is 0.0711 e. The summed E-state index contributed by atoms with van der Waals surface area (Å²) < 4.78 is 0. The highest BCUT2D eigenvalue weighted by molar-refractivity contribution is 7.41. The summed E-state index contributed by atoms with van der Waals surface area (Å²) in [5, 5.41) is 0. The second kappa shape index (κ2) is 6.55. The van der Waals surface area contributed by atoms with Crippen LogP contribution in [-0.4, -0.2) is 15.2 Å². The molecule has 4 aliphatic rings. The van der Waals surface area contributed by atoms with Crippen LogP contribution in [-0.2, 0) is 0 Å². The number of rotatable bonds is 3. The van der Waals surface area contributed by atoms with E-state index < -0.39 is 15.2 Å². The van der Waals surface area contributed by atoms with Crippen molar-refractivity contribution in [2.75, 3.05) is 0 Å². The molecule has 0 aromatic heterocycles. The molecule has 4 unspecified atom stereocenters. The first-order chi connectivity index (χ1) is 11.4. The van der Waals surface area contributed by atoms with E-state index in [1.54, 1.807) is 77.0 Å². The molecule has 0 N–H and O–H groups in total. The third kappa shape index (κ3) is 2.92. The molecule has 4 atom stereocenters. The van der Waals surface area contributed by atoms with E-state index in [-0.39, 0.29) is 0 Å². The van der Waals surface area contributed by atoms with Crippen LogP contribution in [0, 0.1) is 23.7 Å². The van der Waals surface area contributed by atoms with E-state index in [4.69, 9.17) is 0 Å². The Balaban J connectivity index is 1.48. The molecule has 4 saturated carbocycles. The van der Waals surface area contributed by atoms with Crippen molar-refractivity contribution < 1.29 is 0 Å². The molecule has 0 nitrogen and oxygen atoms in total. The van der Waals surface area contributed by atoms with E-state index in [0.717, 1.165) is 23.7 Å². The van der Waals surface area contributed by atoms with E-state index >= 15 is 0 Å². The Morgan fingerprint density at radius 2 is 0.708 bits per heavy atom. The van der Waals surface area contributed by atoms with Crippen molar-refractivity contribution >= 4 is 15.2 Å². The summed E-state index contributed by atoms with van der Waals surface area (Å²) in [5.41, 5.74) is 2.38. The Hall–Kier alpha value is 0.434. The maximum Gasteiger partial charge on any atom is 0.0446 e. The second-order valence-electron chi connectivity index (χ2n) is 11.4. The highest BCUT2D eigenvalue weighted by Crippen LogP contribution is 2.58. The van der Waals surface area contributed by atoms with E-state index in [2.05, 4.69) is 26.2 Å². The van der Waals surface area contributed by atoms with Crippen molar-refractivity contribution in [1.29, 1.82) is 0 Å². The average molecular weight is 363 g/mol. The van der Waals surface area contributed by atoms with Gasteiger partial charge in [0.2, 0.25) is 0 Å². The van der Waals surface area contributed by atoms with E-state index in [1.807, 2.05) is 0 Å². The third-order valence-corrected chi connectivity index (χ3v) is 30.9. The molecule has 0 radical (unpaired) electrons. The zero-order valence-corrected chi connectivity index (χ0v) is 18.9. The smallest absolute Gasteiger partial charge is 0.0446 e. The van der Waals surface area contributed by atoms with E-state index in [9.17, 15) is 0 Å². The predicted molar refractivity (Wildman–Crippen MR) is 112 cm³/mol. The monoisotopic (exact) mass is 362 g/mol. The highest BCUT2D eigenvalue weighted by atomic mass is 29.3. The summed E-state index contributed by atoms with van der Waals surface area (Å²) in [7, 11) is -2.15. The fourth-order valence-electron chi connectivity index (χ4n) is 7.70. The molecule has 4 aliphatic carbocycles. The molecule has 0 aromatic rings. The minimum Gasteiger partial charge on any atom is -0.0711 e. The SMILES string of the molecule is C[Si](C)(C1CC2CCCCC2C1)[Si](C)(C)C1CC2CCCCC2C1. The molecule has 138 valence electrons. The molecule has 0 bridgehead atoms. The van der Waals surface area contributed by atoms with Crippen molar-refractivity contribution in [3.63, 3.8) is 0 Å². The van der Waals surface area contributed by atoms with Gasteiger partial charge in [0.15, 0.2) is 0 Å². The van der Waals surface area contributed by atoms with Gasteiger partial charge in [-0.15, -0.1) is 0 Å². The molecule has 24 heavy (non-hydrogen) atoms. The van der Waals surface area contributed by atoms with Crippen LogP contribution in [0.25, 0.3) is 0 Å². The van der Waals surface area contributed by atoms with E-state index in [0.29, 0.717) is 0 Å². The van der Waals surface area contributed by atoms with Gasteiger partial charge in [-0.05, 0) is 60.4 Å². The molecule has 0 aliphatic heterocycles. The summed E-state index contributed by atoms with van der Waals surface area (Å²) in [5.74, 6) is 4.58. The van der Waals surface area contributed by atoms with Crippen LogP contribution >= 0.6 is 0 Å². The molecule has 0 spiro atoms. The van der Waals surface area contributed by atoms with Crippen LogP contribution in [0.15, 0.2) is 0 Å². The van der Waals surface area contributed by atoms with Gasteiger partial charge in [-0.25, -0.2) is 0 Å². The Labute approximate surface area is 153 Å². The molecular formula is C22H42Si2. The van der Waals surface area contributed by atoms with Crippen molar-refractivity contribution in [2.24, 2.45) is 23.7 Å². The van der Waals surface area contributed by atoms with Gasteiger partial charge in [0, 0.05) is 15.2 Å². The topological polar surface area (TPSA) is 0 Å². The van der Waals surface area contributed by atoms with Crippen molar-refractivity contribution in [3.05, 3.63) is 0 Å². The first-order valence-corrected chi connectivity index (χ1v) is 18.5. The predicted octanol–water partition coefficient (Wildman–Crippen LogP) is 7.42. The van der Waals surface area contributed by atoms with Crippen LogP contribution in [0.2, 0.25) is 37.3 Å². The molecule has 0 amide bonds. The lowest BCUT2D eigenvalue weighted by atomic mass is 9.82. The molecular weight excluding hydrogens is 320 g/mol. The second-order valence-corrected chi connectivity index (χ2v) is 27.6. The fraction of sp³-hybridized carbons (Fsp3) is 1.00. The van der Waals surface area contributed by atoms with Crippen LogP contribution in [0.3, 0.4) is 0 Å². The molecule has 2 heteroatoms. The van der Waals surface area contributed by atoms with Gasteiger partial charge < -0.3 is 0 Å². The van der Waals surface area contributed by atoms with Gasteiger partial charge in [0.05, 0.1) is 0 Å². The summed E-state index contributed by atoms with van der Waals surface area (Å²) in [6.07, 6.45) is 19.1. The number of hydrogen-bond donors (Lipinski definition) is 0. The Kier molecular flexibility index (Phi) is 4.87. The maximum atomic E-state index is 2.86. The molecule has 0 aromatic carbocycles. The summed E-state index contributed by atoms with van der Waals surface area (Å²) >= 11 is 0. The first kappa shape index (κ1) is 17.8. The van der Waals surface area contributed by atoms with Gasteiger partial charge in [0.1, 0.15) is 0 Å². The third-order valence-electron chi connectivity index (χ3n) is 10.2. The lowest BCUT2D eigenvalue weighted by Crippen LogP contribution is -2.59. The van der Waals surface area contributed by atoms with Crippen LogP contribution < -0.4 is 0 Å². The minimum absolute atomic E-state index is 1.08. The normalized spacial score (nSPS) is 43.5. The number of fused-ring (bicyclic) bond motifs is 2. The van der Waals surface area contributed by atoms with Crippen LogP contribution in [0.1, 0.15) is 77.0 Å². The standard InChI is InChI=1S/C22H42Si2/c1-23(2,21-13-17-9-5-6-10-18(17)14-21)24(3,4)22-15-19-11-7-8-12-20(19)16-22/h17-22H,5-16H2,1-4H3. The Morgan fingerprint density at radius 1 is 0.458 bits per heavy atom. The highest BCUT2D eigenvalue weighted by Gasteiger charge is 2.55. The van der Waals surface area contributed by atoms with Crippen molar-refractivity contribution in [2.45, 2.75) is 114 Å². The minimum atomic E-state index is -1.08. The van der Waals surface area contributed by atoms with Crippen LogP contribution in [0.4, 0.5) is 0 Å². The van der Waals surface area contributed by atoms with E-state index in [1.165, 1.54) is 11.1 Å². The van der Waals surface area contributed by atoms with Crippen LogP contribution in [0.5, 0.6) is 0 Å². The molecule has 4 rings (SSSR count). The summed E-state index contributed by atoms with van der Waals surface area (Å²) in [6, 6.07) is 0. The Morgan fingerprint density at radius 3 is 0.958 bits per heavy atom. The zero-order valence-electron chi connectivity index (χ0n) is 16.9. The number of hydrogen-bond acceptors (Lipinski definition) is 0. The summed E-state index contributed by atoms with van der Waals surface area (Å²) in [4.78, 5) is 0. The average Bonchev–Trinajstić information content (AvgIpc) is 3.19. The summed E-state index contributed by atoms with van der Waals surface area (Å²) in [6.45, 7) is 11.5. The first-order valence-electron chi connectivity index (χ1n) is 11.4. The maximum absolute atomic E-state index is 2.86. The fourth-order valence-corrected chi connectivity index (χ4v) is 21.1. The lowest BCUT2D eigenvalue weighted by Gasteiger charge is -2.47. The van der Waals surface area contributed by atoms with Gasteiger partial charge in [-0.3, -0.25) is 0 Å². The van der Waals surface area contributed by atoms with Gasteiger partial charge in [-0.1, -0.05) is 77.6 Å². The van der Waals surface area contributed by atoms with Crippen molar-refractivity contribution in [1.82, 2.24) is 0 Å². The lowest BCUT2D eigenvalue weighted by molar-refractivity contribution is 0.277. The molecule has 4 fully saturated rings. The zero-order chi connectivity index (χ0) is 16.9. The molecule has 0 heterocycles. The quantitative estimate of drug-likeness (QED) is 0.458. The van der Waals surface area contributed by atoms with Gasteiger partial charge >= 0.3 is 0 Å².